The highest BCUT2D eigenvalue weighted by Crippen LogP contribution is 2.27. The van der Waals surface area contributed by atoms with Gasteiger partial charge in [-0.05, 0) is 36.2 Å². The van der Waals surface area contributed by atoms with Gasteiger partial charge >= 0.3 is 0 Å². The summed E-state index contributed by atoms with van der Waals surface area (Å²) in [5.41, 5.74) is 2.11. The molecule has 1 heterocycles. The zero-order valence-electron chi connectivity index (χ0n) is 9.04. The minimum atomic E-state index is -0.261. The number of rotatable bonds is 4. The fraction of sp³-hybridized carbons (Fsp3) is 0.556. The summed E-state index contributed by atoms with van der Waals surface area (Å²) < 4.78 is 6.44. The number of hydrogen-bond donors (Lipinski definition) is 2. The number of nitrogens with zero attached hydrogens (tertiary/aromatic N) is 2. The highest BCUT2D eigenvalue weighted by atomic mass is 79.9. The van der Waals surface area contributed by atoms with Crippen LogP contribution in [0.3, 0.4) is 0 Å². The van der Waals surface area contributed by atoms with E-state index in [1.807, 2.05) is 13.8 Å². The van der Waals surface area contributed by atoms with Crippen molar-refractivity contribution in [3.05, 3.63) is 10.7 Å². The van der Waals surface area contributed by atoms with Crippen molar-refractivity contribution in [3.8, 4) is 5.88 Å². The molecule has 1 aromatic heterocycles. The van der Waals surface area contributed by atoms with Gasteiger partial charge in [0.25, 0.3) is 0 Å². The smallest absolute Gasteiger partial charge is 0.240 e. The Morgan fingerprint density at radius 1 is 1.60 bits per heavy atom. The van der Waals surface area contributed by atoms with E-state index in [9.17, 15) is 0 Å². The van der Waals surface area contributed by atoms with Gasteiger partial charge in [-0.25, -0.2) is 10.8 Å². The Morgan fingerprint density at radius 2 is 2.27 bits per heavy atom. The van der Waals surface area contributed by atoms with Crippen molar-refractivity contribution < 1.29 is 4.74 Å². The minimum Gasteiger partial charge on any atom is -0.471 e. The van der Waals surface area contributed by atoms with Gasteiger partial charge in [0.2, 0.25) is 11.8 Å². The van der Waals surface area contributed by atoms with E-state index in [1.54, 1.807) is 6.20 Å². The molecule has 1 aromatic rings. The molecule has 0 aliphatic carbocycles. The maximum absolute atomic E-state index is 5.73. The van der Waals surface area contributed by atoms with E-state index in [4.69, 9.17) is 10.6 Å². The molecule has 0 saturated carbocycles. The fourth-order valence-corrected chi connectivity index (χ4v) is 1.10. The number of halogens is 1. The summed E-state index contributed by atoms with van der Waals surface area (Å²) >= 11 is 3.32. The first kappa shape index (κ1) is 12.2. The normalized spacial score (nSPS) is 11.3. The van der Waals surface area contributed by atoms with E-state index < -0.39 is 0 Å². The van der Waals surface area contributed by atoms with Gasteiger partial charge in [0.05, 0.1) is 10.7 Å². The van der Waals surface area contributed by atoms with Crippen LogP contribution in [0.25, 0.3) is 0 Å². The largest absolute Gasteiger partial charge is 0.471 e. The van der Waals surface area contributed by atoms with Crippen LogP contribution in [0.4, 0.5) is 5.95 Å². The SMILES string of the molecule is CCC(C)(C)Oc1nc(NN)ncc1Br. The van der Waals surface area contributed by atoms with Crippen molar-refractivity contribution in [2.45, 2.75) is 32.8 Å². The highest BCUT2D eigenvalue weighted by molar-refractivity contribution is 9.10. The summed E-state index contributed by atoms with van der Waals surface area (Å²) in [6, 6.07) is 0. The second kappa shape index (κ2) is 4.76. The molecule has 84 valence electrons. The molecule has 0 bridgehead atoms. The predicted octanol–water partition coefficient (Wildman–Crippen LogP) is 2.09. The van der Waals surface area contributed by atoms with Crippen LogP contribution in [0.1, 0.15) is 27.2 Å². The zero-order valence-corrected chi connectivity index (χ0v) is 10.6. The Hall–Kier alpha value is -0.880. The molecule has 0 aliphatic heterocycles. The summed E-state index contributed by atoms with van der Waals surface area (Å²) in [6.07, 6.45) is 2.48. The third-order valence-electron chi connectivity index (χ3n) is 2.07. The van der Waals surface area contributed by atoms with Gasteiger partial charge in [-0.1, -0.05) is 6.92 Å². The molecule has 0 aromatic carbocycles. The first-order valence-corrected chi connectivity index (χ1v) is 5.46. The Kier molecular flexibility index (Phi) is 3.87. The van der Waals surface area contributed by atoms with Crippen molar-refractivity contribution >= 4 is 21.9 Å². The van der Waals surface area contributed by atoms with Crippen LogP contribution in [-0.4, -0.2) is 15.6 Å². The Labute approximate surface area is 97.5 Å². The lowest BCUT2D eigenvalue weighted by molar-refractivity contribution is 0.0979. The van der Waals surface area contributed by atoms with Crippen molar-refractivity contribution in [3.63, 3.8) is 0 Å². The molecule has 6 heteroatoms. The summed E-state index contributed by atoms with van der Waals surface area (Å²) in [5, 5.41) is 0. The second-order valence-corrected chi connectivity index (χ2v) is 4.56. The predicted molar refractivity (Wildman–Crippen MR) is 62.5 cm³/mol. The molecule has 0 unspecified atom stereocenters. The van der Waals surface area contributed by atoms with Gasteiger partial charge in [-0.15, -0.1) is 0 Å². The van der Waals surface area contributed by atoms with E-state index >= 15 is 0 Å². The summed E-state index contributed by atoms with van der Waals surface area (Å²) in [4.78, 5) is 8.05. The molecule has 15 heavy (non-hydrogen) atoms. The number of ether oxygens (including phenoxy) is 1. The van der Waals surface area contributed by atoms with Gasteiger partial charge in [0.15, 0.2) is 0 Å². The van der Waals surface area contributed by atoms with Crippen LogP contribution in [0, 0.1) is 0 Å². The van der Waals surface area contributed by atoms with Gasteiger partial charge in [-0.3, -0.25) is 5.43 Å². The maximum Gasteiger partial charge on any atom is 0.240 e. The monoisotopic (exact) mass is 274 g/mol. The number of anilines is 1. The molecule has 3 N–H and O–H groups in total. The summed E-state index contributed by atoms with van der Waals surface area (Å²) in [7, 11) is 0. The van der Waals surface area contributed by atoms with E-state index in [-0.39, 0.29) is 5.60 Å². The van der Waals surface area contributed by atoms with Crippen LogP contribution >= 0.6 is 15.9 Å². The van der Waals surface area contributed by atoms with Crippen molar-refractivity contribution in [2.24, 2.45) is 5.84 Å². The maximum atomic E-state index is 5.73. The number of hydrazine groups is 1. The van der Waals surface area contributed by atoms with Crippen LogP contribution in [-0.2, 0) is 0 Å². The lowest BCUT2D eigenvalue weighted by atomic mass is 10.1. The first-order valence-electron chi connectivity index (χ1n) is 4.66. The number of nitrogen functional groups attached to an aromatic ring is 1. The molecule has 5 nitrogen and oxygen atoms in total. The molecule has 0 atom stereocenters. The third kappa shape index (κ3) is 3.32. The Balaban J connectivity index is 2.93. The van der Waals surface area contributed by atoms with Crippen LogP contribution < -0.4 is 16.0 Å². The van der Waals surface area contributed by atoms with Gasteiger partial charge < -0.3 is 4.74 Å². The van der Waals surface area contributed by atoms with E-state index in [0.717, 1.165) is 6.42 Å². The van der Waals surface area contributed by atoms with Crippen molar-refractivity contribution in [2.75, 3.05) is 5.43 Å². The van der Waals surface area contributed by atoms with E-state index in [1.165, 1.54) is 0 Å². The Bertz CT molecular complexity index is 343. The number of hydrogen-bond acceptors (Lipinski definition) is 5. The first-order chi connectivity index (χ1) is 6.98. The molecular formula is C9H15BrN4O. The highest BCUT2D eigenvalue weighted by Gasteiger charge is 2.19. The van der Waals surface area contributed by atoms with Crippen LogP contribution in [0.5, 0.6) is 5.88 Å². The lowest BCUT2D eigenvalue weighted by Gasteiger charge is -2.24. The van der Waals surface area contributed by atoms with Crippen molar-refractivity contribution in [1.29, 1.82) is 0 Å². The zero-order chi connectivity index (χ0) is 11.5. The molecule has 0 fully saturated rings. The molecule has 0 spiro atoms. The van der Waals surface area contributed by atoms with E-state index in [2.05, 4.69) is 38.2 Å². The number of nitrogens with one attached hydrogen (secondary N) is 1. The number of aromatic nitrogens is 2. The van der Waals surface area contributed by atoms with Gasteiger partial charge in [0.1, 0.15) is 5.60 Å². The lowest BCUT2D eigenvalue weighted by Crippen LogP contribution is -2.27. The molecule has 0 radical (unpaired) electrons. The van der Waals surface area contributed by atoms with Crippen LogP contribution in [0.15, 0.2) is 10.7 Å². The van der Waals surface area contributed by atoms with Crippen LogP contribution in [0.2, 0.25) is 0 Å². The van der Waals surface area contributed by atoms with Crippen molar-refractivity contribution in [1.82, 2.24) is 9.97 Å². The van der Waals surface area contributed by atoms with Gasteiger partial charge in [0, 0.05) is 0 Å². The molecular weight excluding hydrogens is 260 g/mol. The molecule has 0 amide bonds. The average Bonchev–Trinajstić information content (AvgIpc) is 2.21. The standard InChI is InChI=1S/C9H15BrN4O/c1-4-9(2,3)15-7-6(10)5-12-8(13-7)14-11/h5H,4,11H2,1-3H3,(H,12,13,14). The second-order valence-electron chi connectivity index (χ2n) is 3.71. The minimum absolute atomic E-state index is 0.261. The number of nitrogens with two attached hydrogens (primary N) is 1. The third-order valence-corrected chi connectivity index (χ3v) is 2.61. The topological polar surface area (TPSA) is 73.1 Å². The molecule has 1 rings (SSSR count). The summed E-state index contributed by atoms with van der Waals surface area (Å²) in [5.74, 6) is 6.04. The van der Waals surface area contributed by atoms with E-state index in [0.29, 0.717) is 16.3 Å². The summed E-state index contributed by atoms with van der Waals surface area (Å²) in [6.45, 7) is 6.05. The van der Waals surface area contributed by atoms with Gasteiger partial charge in [-0.2, -0.15) is 4.98 Å². The molecule has 0 aliphatic rings. The Morgan fingerprint density at radius 3 is 2.80 bits per heavy atom. The fourth-order valence-electron chi connectivity index (χ4n) is 0.826. The average molecular weight is 275 g/mol. The quantitative estimate of drug-likeness (QED) is 0.650. The molecule has 0 saturated heterocycles.